The molecule has 0 unspecified atom stereocenters. The quantitative estimate of drug-likeness (QED) is 0.386. The zero-order chi connectivity index (χ0) is 8.20. The van der Waals surface area contributed by atoms with Crippen LogP contribution in [0.3, 0.4) is 0 Å². The van der Waals surface area contributed by atoms with Gasteiger partial charge in [-0.15, -0.1) is 0 Å². The molecule has 0 aromatic rings. The van der Waals surface area contributed by atoms with E-state index in [1.807, 2.05) is 0 Å². The molecule has 0 atom stereocenters. The molecule has 0 spiro atoms. The minimum absolute atomic E-state index is 0.237. The minimum Gasteiger partial charge on any atom is -0.381 e. The maximum absolute atomic E-state index is 11.4. The first-order chi connectivity index (χ1) is 4.60. The standard InChI is InChI=1S/C4H14N3O2P/c1-5-10(9,6-2)7(3)4-8/h8H,4H2,1-3H3,(H2,5,6,9). The van der Waals surface area contributed by atoms with Crippen molar-refractivity contribution < 1.29 is 9.67 Å². The molecular weight excluding hydrogens is 153 g/mol. The molecule has 0 aliphatic heterocycles. The third-order valence-electron chi connectivity index (χ3n) is 1.29. The van der Waals surface area contributed by atoms with E-state index >= 15 is 0 Å². The summed E-state index contributed by atoms with van der Waals surface area (Å²) in [5, 5.41) is 13.8. The smallest absolute Gasteiger partial charge is 0.282 e. The van der Waals surface area contributed by atoms with Gasteiger partial charge in [0, 0.05) is 0 Å². The molecule has 6 heteroatoms. The Morgan fingerprint density at radius 3 is 2.00 bits per heavy atom. The molecule has 10 heavy (non-hydrogen) atoms. The van der Waals surface area contributed by atoms with E-state index in [9.17, 15) is 4.57 Å². The fourth-order valence-corrected chi connectivity index (χ4v) is 1.63. The number of aliphatic hydroxyl groups excluding tert-OH is 1. The molecule has 0 amide bonds. The van der Waals surface area contributed by atoms with Crippen LogP contribution >= 0.6 is 7.59 Å². The monoisotopic (exact) mass is 167 g/mol. The van der Waals surface area contributed by atoms with Crippen molar-refractivity contribution in [2.45, 2.75) is 0 Å². The Kier molecular flexibility index (Phi) is 4.08. The normalized spacial score (nSPS) is 12.5. The predicted octanol–water partition coefficient (Wildman–Crippen LogP) is -0.585. The van der Waals surface area contributed by atoms with Gasteiger partial charge in [-0.1, -0.05) is 0 Å². The van der Waals surface area contributed by atoms with E-state index in [1.165, 1.54) is 4.67 Å². The summed E-state index contributed by atoms with van der Waals surface area (Å²) in [6.45, 7) is -0.237. The van der Waals surface area contributed by atoms with Gasteiger partial charge in [0.15, 0.2) is 0 Å². The van der Waals surface area contributed by atoms with Gasteiger partial charge in [0.1, 0.15) is 6.73 Å². The van der Waals surface area contributed by atoms with Crippen molar-refractivity contribution in [2.75, 3.05) is 27.9 Å². The van der Waals surface area contributed by atoms with Crippen molar-refractivity contribution in [3.05, 3.63) is 0 Å². The molecule has 0 aromatic heterocycles. The second kappa shape index (κ2) is 4.05. The van der Waals surface area contributed by atoms with E-state index in [4.69, 9.17) is 5.11 Å². The Hall–Kier alpha value is 0.0700. The van der Waals surface area contributed by atoms with Crippen LogP contribution in [-0.4, -0.2) is 37.7 Å². The highest BCUT2D eigenvalue weighted by Crippen LogP contribution is 2.36. The Morgan fingerprint density at radius 2 is 1.90 bits per heavy atom. The van der Waals surface area contributed by atoms with Gasteiger partial charge in [0.2, 0.25) is 0 Å². The first-order valence-electron chi connectivity index (χ1n) is 2.91. The van der Waals surface area contributed by atoms with Gasteiger partial charge in [-0.3, -0.25) is 4.57 Å². The molecule has 5 nitrogen and oxygen atoms in total. The SMILES string of the molecule is CNP(=O)(NC)N(C)CO. The highest BCUT2D eigenvalue weighted by Gasteiger charge is 2.21. The maximum Gasteiger partial charge on any atom is 0.282 e. The minimum atomic E-state index is -2.69. The number of nitrogens with zero attached hydrogens (tertiary/aromatic N) is 1. The van der Waals surface area contributed by atoms with Gasteiger partial charge in [0.05, 0.1) is 0 Å². The average molecular weight is 167 g/mol. The van der Waals surface area contributed by atoms with E-state index in [2.05, 4.69) is 10.2 Å². The zero-order valence-corrected chi connectivity index (χ0v) is 7.35. The van der Waals surface area contributed by atoms with E-state index in [0.717, 1.165) is 0 Å². The Labute approximate surface area is 60.9 Å². The van der Waals surface area contributed by atoms with Crippen molar-refractivity contribution in [1.82, 2.24) is 14.8 Å². The van der Waals surface area contributed by atoms with Crippen molar-refractivity contribution in [3.63, 3.8) is 0 Å². The van der Waals surface area contributed by atoms with Gasteiger partial charge in [-0.2, -0.15) is 0 Å². The fraction of sp³-hybridized carbons (Fsp3) is 1.00. The molecule has 0 saturated heterocycles. The zero-order valence-electron chi connectivity index (χ0n) is 6.46. The molecule has 0 radical (unpaired) electrons. The lowest BCUT2D eigenvalue weighted by Crippen LogP contribution is -2.30. The molecule has 0 bridgehead atoms. The van der Waals surface area contributed by atoms with E-state index in [-0.39, 0.29) is 6.73 Å². The molecule has 0 rings (SSSR count). The van der Waals surface area contributed by atoms with Crippen LogP contribution in [0.2, 0.25) is 0 Å². The van der Waals surface area contributed by atoms with Crippen LogP contribution in [0.1, 0.15) is 0 Å². The van der Waals surface area contributed by atoms with Crippen molar-refractivity contribution in [1.29, 1.82) is 0 Å². The van der Waals surface area contributed by atoms with Crippen molar-refractivity contribution >= 4 is 7.59 Å². The lowest BCUT2D eigenvalue weighted by Gasteiger charge is -2.24. The third kappa shape index (κ3) is 2.04. The van der Waals surface area contributed by atoms with Crippen LogP contribution in [0.25, 0.3) is 0 Å². The van der Waals surface area contributed by atoms with Crippen molar-refractivity contribution in [3.8, 4) is 0 Å². The topological polar surface area (TPSA) is 64.6 Å². The van der Waals surface area contributed by atoms with Gasteiger partial charge in [-0.25, -0.2) is 14.8 Å². The Balaban J connectivity index is 4.18. The molecule has 62 valence electrons. The number of hydrogen-bond acceptors (Lipinski definition) is 2. The molecule has 3 N–H and O–H groups in total. The lowest BCUT2D eigenvalue weighted by molar-refractivity contribution is 0.195. The molecule has 0 heterocycles. The first-order valence-corrected chi connectivity index (χ1v) is 4.57. The molecule has 0 saturated carbocycles. The van der Waals surface area contributed by atoms with Crippen LogP contribution in [0.4, 0.5) is 0 Å². The fourth-order valence-electron chi connectivity index (χ4n) is 0.542. The van der Waals surface area contributed by atoms with E-state index < -0.39 is 7.59 Å². The second-order valence-electron chi connectivity index (χ2n) is 1.82. The largest absolute Gasteiger partial charge is 0.381 e. The number of nitrogens with one attached hydrogen (secondary N) is 2. The summed E-state index contributed by atoms with van der Waals surface area (Å²) in [7, 11) is 2.02. The second-order valence-corrected chi connectivity index (χ2v) is 4.55. The Morgan fingerprint density at radius 1 is 1.50 bits per heavy atom. The summed E-state index contributed by atoms with van der Waals surface area (Å²) in [5.41, 5.74) is 0. The van der Waals surface area contributed by atoms with Crippen LogP contribution < -0.4 is 10.2 Å². The average Bonchev–Trinajstić information content (AvgIpc) is 2.01. The molecule has 0 aliphatic rings. The van der Waals surface area contributed by atoms with Crippen molar-refractivity contribution in [2.24, 2.45) is 0 Å². The molecule has 0 aliphatic carbocycles. The molecule has 0 aromatic carbocycles. The van der Waals surface area contributed by atoms with Gasteiger partial charge in [0.25, 0.3) is 7.59 Å². The van der Waals surface area contributed by atoms with Crippen LogP contribution in [0.15, 0.2) is 0 Å². The summed E-state index contributed by atoms with van der Waals surface area (Å²) in [6.07, 6.45) is 0. The summed E-state index contributed by atoms with van der Waals surface area (Å²) in [6, 6.07) is 0. The third-order valence-corrected chi connectivity index (χ3v) is 3.59. The summed E-state index contributed by atoms with van der Waals surface area (Å²) < 4.78 is 12.7. The van der Waals surface area contributed by atoms with Gasteiger partial charge < -0.3 is 5.11 Å². The van der Waals surface area contributed by atoms with Crippen LogP contribution in [0, 0.1) is 0 Å². The molecule has 0 fully saturated rings. The number of aliphatic hydroxyl groups is 1. The summed E-state index contributed by atoms with van der Waals surface area (Å²) in [4.78, 5) is 0. The molecular formula is C4H14N3O2P. The number of rotatable bonds is 4. The van der Waals surface area contributed by atoms with E-state index in [0.29, 0.717) is 0 Å². The van der Waals surface area contributed by atoms with Crippen LogP contribution in [0.5, 0.6) is 0 Å². The Bertz CT molecular complexity index is 132. The van der Waals surface area contributed by atoms with Gasteiger partial charge >= 0.3 is 0 Å². The van der Waals surface area contributed by atoms with Gasteiger partial charge in [-0.05, 0) is 21.1 Å². The predicted molar refractivity (Wildman–Crippen MR) is 40.6 cm³/mol. The summed E-state index contributed by atoms with van der Waals surface area (Å²) in [5.74, 6) is 0. The first kappa shape index (κ1) is 10.1. The highest BCUT2D eigenvalue weighted by molar-refractivity contribution is 7.57. The van der Waals surface area contributed by atoms with Crippen LogP contribution in [-0.2, 0) is 4.57 Å². The maximum atomic E-state index is 11.4. The highest BCUT2D eigenvalue weighted by atomic mass is 31.2. The number of hydrogen-bond donors (Lipinski definition) is 3. The summed E-state index contributed by atoms with van der Waals surface area (Å²) >= 11 is 0. The lowest BCUT2D eigenvalue weighted by atomic mass is 11.2. The van der Waals surface area contributed by atoms with E-state index in [1.54, 1.807) is 21.1 Å².